The van der Waals surface area contributed by atoms with Crippen LogP contribution >= 0.6 is 0 Å². The average Bonchev–Trinajstić information content (AvgIpc) is 1.87. The van der Waals surface area contributed by atoms with E-state index in [4.69, 9.17) is 5.11 Å². The van der Waals surface area contributed by atoms with E-state index in [1.165, 1.54) is 0 Å². The normalized spacial score (nSPS) is 11.7. The molecule has 62 valence electrons. The lowest BCUT2D eigenvalue weighted by molar-refractivity contribution is -0.140. The minimum atomic E-state index is -0.694. The highest BCUT2D eigenvalue weighted by Gasteiger charge is 2.08. The predicted octanol–water partition coefficient (Wildman–Crippen LogP) is 1.00. The Morgan fingerprint density at radius 1 is 1.64 bits per heavy atom. The van der Waals surface area contributed by atoms with Crippen molar-refractivity contribution in [3.05, 3.63) is 25.5 Å². The Bertz CT molecular complexity index is 151. The van der Waals surface area contributed by atoms with Gasteiger partial charge in [-0.3, -0.25) is 4.79 Å². The summed E-state index contributed by atoms with van der Waals surface area (Å²) >= 11 is 0. The third-order valence-corrected chi connectivity index (χ3v) is 1.06. The van der Waals surface area contributed by atoms with Gasteiger partial charge in [0.1, 0.15) is 0 Å². The number of hydrogen-bond donors (Lipinski definition) is 1. The van der Waals surface area contributed by atoms with Crippen molar-refractivity contribution < 1.29 is 14.6 Å². The van der Waals surface area contributed by atoms with Crippen LogP contribution in [0.4, 0.5) is 0 Å². The minimum absolute atomic E-state index is 0.0158. The number of carbonyl (C=O) groups is 1. The zero-order valence-electron chi connectivity index (χ0n) is 6.32. The smallest absolute Gasteiger partial charge is 0.313 e. The first-order chi connectivity index (χ1) is 5.20. The maximum absolute atomic E-state index is 10.6. The maximum atomic E-state index is 10.6. The van der Waals surface area contributed by atoms with Crippen LogP contribution in [0.15, 0.2) is 25.5 Å². The molecular formula is C8H12O3. The quantitative estimate of drug-likeness (QED) is 0.367. The second-order valence-electron chi connectivity index (χ2n) is 2.04. The third-order valence-electron chi connectivity index (χ3n) is 1.06. The minimum Gasteiger partial charge on any atom is -0.435 e. The fraction of sp³-hybridized carbons (Fsp3) is 0.375. The van der Waals surface area contributed by atoms with Crippen molar-refractivity contribution in [1.82, 2.24) is 0 Å². The van der Waals surface area contributed by atoms with E-state index in [0.717, 1.165) is 6.26 Å². The van der Waals surface area contributed by atoms with Crippen LogP contribution in [0.3, 0.4) is 0 Å². The van der Waals surface area contributed by atoms with E-state index >= 15 is 0 Å². The Balaban J connectivity index is 3.55. The number of hydrogen-bond acceptors (Lipinski definition) is 3. The molecule has 0 radical (unpaired) electrons. The van der Waals surface area contributed by atoms with Crippen molar-refractivity contribution in [3.8, 4) is 0 Å². The van der Waals surface area contributed by atoms with Gasteiger partial charge in [-0.15, -0.1) is 6.58 Å². The Hall–Kier alpha value is -1.09. The first-order valence-electron chi connectivity index (χ1n) is 3.30. The van der Waals surface area contributed by atoms with E-state index in [1.54, 1.807) is 6.08 Å². The molecule has 0 heterocycles. The molecule has 0 aromatic carbocycles. The van der Waals surface area contributed by atoms with Crippen LogP contribution in [0.25, 0.3) is 0 Å². The summed E-state index contributed by atoms with van der Waals surface area (Å²) in [5.41, 5.74) is 0. The molecule has 0 amide bonds. The molecule has 0 saturated heterocycles. The summed E-state index contributed by atoms with van der Waals surface area (Å²) in [4.78, 5) is 10.6. The van der Waals surface area contributed by atoms with Crippen molar-refractivity contribution in [2.24, 2.45) is 0 Å². The molecule has 0 aliphatic rings. The van der Waals surface area contributed by atoms with E-state index in [2.05, 4.69) is 17.9 Å². The first-order valence-corrected chi connectivity index (χ1v) is 3.30. The molecule has 0 aliphatic carbocycles. The second-order valence-corrected chi connectivity index (χ2v) is 2.04. The molecule has 0 aromatic heterocycles. The van der Waals surface area contributed by atoms with Gasteiger partial charge in [0.25, 0.3) is 0 Å². The predicted molar refractivity (Wildman–Crippen MR) is 41.7 cm³/mol. The van der Waals surface area contributed by atoms with Crippen molar-refractivity contribution in [1.29, 1.82) is 0 Å². The van der Waals surface area contributed by atoms with Gasteiger partial charge in [-0.2, -0.15) is 0 Å². The fourth-order valence-corrected chi connectivity index (χ4v) is 0.609. The van der Waals surface area contributed by atoms with Gasteiger partial charge in [0.2, 0.25) is 0 Å². The van der Waals surface area contributed by atoms with E-state index < -0.39 is 12.1 Å². The molecule has 1 N–H and O–H groups in total. The van der Waals surface area contributed by atoms with Crippen LogP contribution < -0.4 is 0 Å². The Morgan fingerprint density at radius 2 is 2.27 bits per heavy atom. The van der Waals surface area contributed by atoms with Crippen LogP contribution in [0.5, 0.6) is 0 Å². The third kappa shape index (κ3) is 5.36. The van der Waals surface area contributed by atoms with Gasteiger partial charge >= 0.3 is 5.97 Å². The number of ether oxygens (including phenoxy) is 1. The Morgan fingerprint density at radius 3 is 2.73 bits per heavy atom. The number of aliphatic hydroxyl groups excluding tert-OH is 1. The fourth-order valence-electron chi connectivity index (χ4n) is 0.609. The molecule has 3 nitrogen and oxygen atoms in total. The second kappa shape index (κ2) is 5.68. The molecule has 3 heteroatoms. The highest BCUT2D eigenvalue weighted by molar-refractivity contribution is 5.70. The summed E-state index contributed by atoms with van der Waals surface area (Å²) in [5, 5.41) is 9.04. The van der Waals surface area contributed by atoms with Gasteiger partial charge in [0.05, 0.1) is 18.8 Å². The van der Waals surface area contributed by atoms with E-state index in [-0.39, 0.29) is 6.42 Å². The molecule has 1 atom stereocenters. The van der Waals surface area contributed by atoms with Gasteiger partial charge in [-0.05, 0) is 6.42 Å². The lowest BCUT2D eigenvalue weighted by Crippen LogP contribution is -2.12. The molecule has 0 fully saturated rings. The van der Waals surface area contributed by atoms with Crippen molar-refractivity contribution in [2.75, 3.05) is 0 Å². The van der Waals surface area contributed by atoms with Crippen molar-refractivity contribution in [3.63, 3.8) is 0 Å². The molecular weight excluding hydrogens is 144 g/mol. The van der Waals surface area contributed by atoms with Gasteiger partial charge in [-0.1, -0.05) is 12.7 Å². The van der Waals surface area contributed by atoms with Crippen molar-refractivity contribution >= 4 is 5.97 Å². The highest BCUT2D eigenvalue weighted by Crippen LogP contribution is 1.99. The average molecular weight is 156 g/mol. The molecule has 0 bridgehead atoms. The zero-order valence-corrected chi connectivity index (χ0v) is 6.32. The summed E-state index contributed by atoms with van der Waals surface area (Å²) < 4.78 is 4.39. The molecule has 0 rings (SSSR count). The standard InChI is InChI=1S/C8H12O3/c1-3-5-7(9)6-8(10)11-4-2/h3-4,7,9H,1-2,5-6H2. The number of carbonyl (C=O) groups excluding carboxylic acids is 1. The topological polar surface area (TPSA) is 46.5 Å². The monoisotopic (exact) mass is 156 g/mol. The molecule has 1 unspecified atom stereocenters. The molecule has 0 spiro atoms. The molecule has 11 heavy (non-hydrogen) atoms. The lowest BCUT2D eigenvalue weighted by atomic mass is 10.2. The molecule has 0 saturated carbocycles. The van der Waals surface area contributed by atoms with Crippen molar-refractivity contribution in [2.45, 2.75) is 18.9 Å². The number of rotatable bonds is 5. The van der Waals surface area contributed by atoms with Crippen LogP contribution in [0, 0.1) is 0 Å². The van der Waals surface area contributed by atoms with Gasteiger partial charge in [0.15, 0.2) is 0 Å². The van der Waals surface area contributed by atoms with Crippen LogP contribution in [-0.4, -0.2) is 17.2 Å². The van der Waals surface area contributed by atoms with Crippen LogP contribution in [0.2, 0.25) is 0 Å². The van der Waals surface area contributed by atoms with Gasteiger partial charge in [0, 0.05) is 0 Å². The number of aliphatic hydroxyl groups is 1. The summed E-state index contributed by atoms with van der Waals surface area (Å²) in [6.07, 6.45) is 2.28. The zero-order chi connectivity index (χ0) is 8.69. The summed E-state index contributed by atoms with van der Waals surface area (Å²) in [7, 11) is 0. The Labute approximate surface area is 66.0 Å². The van der Waals surface area contributed by atoms with Gasteiger partial charge < -0.3 is 9.84 Å². The van der Waals surface area contributed by atoms with Crippen LogP contribution in [-0.2, 0) is 9.53 Å². The highest BCUT2D eigenvalue weighted by atomic mass is 16.5. The molecule has 0 aromatic rings. The summed E-state index contributed by atoms with van der Waals surface area (Å²) in [5.74, 6) is -0.477. The number of esters is 1. The van der Waals surface area contributed by atoms with E-state index in [1.807, 2.05) is 0 Å². The van der Waals surface area contributed by atoms with E-state index in [0.29, 0.717) is 6.42 Å². The first kappa shape index (κ1) is 9.91. The summed E-state index contributed by atoms with van der Waals surface area (Å²) in [6.45, 7) is 6.63. The maximum Gasteiger partial charge on any atom is 0.313 e. The Kier molecular flexibility index (Phi) is 5.11. The SMILES string of the molecule is C=CCC(O)CC(=O)OC=C. The van der Waals surface area contributed by atoms with E-state index in [9.17, 15) is 4.79 Å². The van der Waals surface area contributed by atoms with Gasteiger partial charge in [-0.25, -0.2) is 0 Å². The largest absolute Gasteiger partial charge is 0.435 e. The molecule has 0 aliphatic heterocycles. The lowest BCUT2D eigenvalue weighted by Gasteiger charge is -2.04. The summed E-state index contributed by atoms with van der Waals surface area (Å²) in [6, 6.07) is 0. The van der Waals surface area contributed by atoms with Crippen LogP contribution in [0.1, 0.15) is 12.8 Å².